The van der Waals surface area contributed by atoms with Crippen LogP contribution in [0.25, 0.3) is 0 Å². The Morgan fingerprint density at radius 1 is 1.50 bits per heavy atom. The first-order chi connectivity index (χ1) is 7.70. The number of benzene rings is 1. The Morgan fingerprint density at radius 2 is 2.12 bits per heavy atom. The fraction of sp³-hybridized carbons (Fsp3) is 0.333. The van der Waals surface area contributed by atoms with Gasteiger partial charge in [0.25, 0.3) is 0 Å². The van der Waals surface area contributed by atoms with Crippen molar-refractivity contribution in [3.8, 4) is 6.07 Å². The van der Waals surface area contributed by atoms with E-state index in [0.717, 1.165) is 0 Å². The van der Waals surface area contributed by atoms with Gasteiger partial charge in [0.05, 0.1) is 12.7 Å². The highest BCUT2D eigenvalue weighted by Crippen LogP contribution is 2.16. The van der Waals surface area contributed by atoms with Crippen LogP contribution in [0.15, 0.2) is 30.3 Å². The van der Waals surface area contributed by atoms with Crippen molar-refractivity contribution in [2.45, 2.75) is 5.92 Å². The molecule has 1 aromatic carbocycles. The minimum atomic E-state index is -0.794. The number of likely N-dealkylation sites (N-methyl/N-ethyl adjacent to an activating group) is 1. The Kier molecular flexibility index (Phi) is 4.49. The number of hydrogen-bond acceptors (Lipinski definition) is 3. The van der Waals surface area contributed by atoms with Gasteiger partial charge in [-0.2, -0.15) is 5.26 Å². The number of nitriles is 1. The van der Waals surface area contributed by atoms with Crippen LogP contribution < -0.4 is 0 Å². The molecule has 0 bridgehead atoms. The number of nitrogens with zero attached hydrogens (tertiary/aromatic N) is 2. The molecule has 1 atom stereocenters. The summed E-state index contributed by atoms with van der Waals surface area (Å²) in [7, 11) is 1.58. The SMILES string of the molecule is CN(CCO)C(=O)C(C#N)c1ccccc1. The number of rotatable bonds is 4. The average Bonchev–Trinajstić information content (AvgIpc) is 2.31. The molecule has 1 unspecified atom stereocenters. The molecular weight excluding hydrogens is 204 g/mol. The fourth-order valence-electron chi connectivity index (χ4n) is 1.40. The van der Waals surface area contributed by atoms with Gasteiger partial charge in [-0.05, 0) is 5.56 Å². The van der Waals surface area contributed by atoms with Crippen molar-refractivity contribution >= 4 is 5.91 Å². The molecule has 4 nitrogen and oxygen atoms in total. The molecule has 0 radical (unpaired) electrons. The zero-order valence-corrected chi connectivity index (χ0v) is 9.13. The molecule has 0 aliphatic rings. The van der Waals surface area contributed by atoms with Gasteiger partial charge in [-0.1, -0.05) is 30.3 Å². The predicted molar refractivity (Wildman–Crippen MR) is 59.5 cm³/mol. The minimum Gasteiger partial charge on any atom is -0.395 e. The normalized spacial score (nSPS) is 11.6. The van der Waals surface area contributed by atoms with Crippen LogP contribution in [-0.2, 0) is 4.79 Å². The van der Waals surface area contributed by atoms with E-state index in [4.69, 9.17) is 10.4 Å². The third-order valence-electron chi connectivity index (χ3n) is 2.32. The van der Waals surface area contributed by atoms with Crippen molar-refractivity contribution in [1.29, 1.82) is 5.26 Å². The number of carbonyl (C=O) groups excluding carboxylic acids is 1. The van der Waals surface area contributed by atoms with Crippen molar-refractivity contribution < 1.29 is 9.90 Å². The summed E-state index contributed by atoms with van der Waals surface area (Å²) >= 11 is 0. The van der Waals surface area contributed by atoms with Gasteiger partial charge in [0.1, 0.15) is 5.92 Å². The number of hydrogen-bond donors (Lipinski definition) is 1. The van der Waals surface area contributed by atoms with Crippen molar-refractivity contribution in [3.63, 3.8) is 0 Å². The smallest absolute Gasteiger partial charge is 0.244 e. The van der Waals surface area contributed by atoms with E-state index in [-0.39, 0.29) is 19.1 Å². The Morgan fingerprint density at radius 3 is 2.62 bits per heavy atom. The van der Waals surface area contributed by atoms with Crippen molar-refractivity contribution in [2.24, 2.45) is 0 Å². The Balaban J connectivity index is 2.84. The topological polar surface area (TPSA) is 64.3 Å². The van der Waals surface area contributed by atoms with E-state index in [1.54, 1.807) is 31.3 Å². The van der Waals surface area contributed by atoms with E-state index < -0.39 is 5.92 Å². The summed E-state index contributed by atoms with van der Waals surface area (Å²) in [5.74, 6) is -1.08. The average molecular weight is 218 g/mol. The highest BCUT2D eigenvalue weighted by molar-refractivity contribution is 5.86. The number of aliphatic hydroxyl groups excluding tert-OH is 1. The quantitative estimate of drug-likeness (QED) is 0.810. The third-order valence-corrected chi connectivity index (χ3v) is 2.32. The highest BCUT2D eigenvalue weighted by atomic mass is 16.3. The lowest BCUT2D eigenvalue weighted by atomic mass is 9.99. The van der Waals surface area contributed by atoms with Crippen LogP contribution in [0, 0.1) is 11.3 Å². The molecule has 0 aromatic heterocycles. The summed E-state index contributed by atoms with van der Waals surface area (Å²) in [6.45, 7) is 0.138. The fourth-order valence-corrected chi connectivity index (χ4v) is 1.40. The Bertz CT molecular complexity index is 384. The van der Waals surface area contributed by atoms with E-state index in [0.29, 0.717) is 5.56 Å². The van der Waals surface area contributed by atoms with E-state index in [1.807, 2.05) is 12.1 Å². The maximum atomic E-state index is 11.9. The van der Waals surface area contributed by atoms with Gasteiger partial charge in [-0.15, -0.1) is 0 Å². The monoisotopic (exact) mass is 218 g/mol. The molecule has 16 heavy (non-hydrogen) atoms. The molecule has 0 saturated carbocycles. The highest BCUT2D eigenvalue weighted by Gasteiger charge is 2.22. The first-order valence-electron chi connectivity index (χ1n) is 5.01. The molecule has 4 heteroatoms. The molecular formula is C12H14N2O2. The molecule has 0 aliphatic heterocycles. The van der Waals surface area contributed by atoms with Gasteiger partial charge < -0.3 is 10.0 Å². The first kappa shape index (κ1) is 12.2. The zero-order valence-electron chi connectivity index (χ0n) is 9.13. The van der Waals surface area contributed by atoms with Crippen LogP contribution in [0.3, 0.4) is 0 Å². The molecule has 0 heterocycles. The predicted octanol–water partition coefficient (Wildman–Crippen LogP) is 0.744. The molecule has 0 spiro atoms. The van der Waals surface area contributed by atoms with Gasteiger partial charge in [0.15, 0.2) is 0 Å². The lowest BCUT2D eigenvalue weighted by molar-refractivity contribution is -0.130. The number of aliphatic hydroxyl groups is 1. The zero-order chi connectivity index (χ0) is 12.0. The number of amides is 1. The van der Waals surface area contributed by atoms with E-state index in [9.17, 15) is 4.79 Å². The Labute approximate surface area is 94.7 Å². The van der Waals surface area contributed by atoms with Crippen LogP contribution in [0.2, 0.25) is 0 Å². The van der Waals surface area contributed by atoms with Crippen LogP contribution >= 0.6 is 0 Å². The van der Waals surface area contributed by atoms with Crippen molar-refractivity contribution in [3.05, 3.63) is 35.9 Å². The van der Waals surface area contributed by atoms with Crippen LogP contribution in [0.1, 0.15) is 11.5 Å². The summed E-state index contributed by atoms with van der Waals surface area (Å²) in [5.41, 5.74) is 0.680. The lowest BCUT2D eigenvalue weighted by Crippen LogP contribution is -2.33. The maximum Gasteiger partial charge on any atom is 0.244 e. The molecule has 1 N–H and O–H groups in total. The second-order valence-corrected chi connectivity index (χ2v) is 3.46. The van der Waals surface area contributed by atoms with E-state index in [1.165, 1.54) is 4.90 Å². The van der Waals surface area contributed by atoms with E-state index >= 15 is 0 Å². The standard InChI is InChI=1S/C12H14N2O2/c1-14(7-8-15)12(16)11(9-13)10-5-3-2-4-6-10/h2-6,11,15H,7-8H2,1H3. The number of carbonyl (C=O) groups is 1. The van der Waals surface area contributed by atoms with Crippen molar-refractivity contribution in [1.82, 2.24) is 4.90 Å². The molecule has 1 aromatic rings. The minimum absolute atomic E-state index is 0.102. The van der Waals surface area contributed by atoms with Gasteiger partial charge in [-0.25, -0.2) is 0 Å². The second-order valence-electron chi connectivity index (χ2n) is 3.46. The maximum absolute atomic E-state index is 11.9. The second kappa shape index (κ2) is 5.89. The molecule has 84 valence electrons. The molecule has 0 aliphatic carbocycles. The molecule has 0 saturated heterocycles. The summed E-state index contributed by atoms with van der Waals surface area (Å²) in [6.07, 6.45) is 0. The van der Waals surface area contributed by atoms with Gasteiger partial charge in [0.2, 0.25) is 5.91 Å². The summed E-state index contributed by atoms with van der Waals surface area (Å²) in [5, 5.41) is 17.7. The third kappa shape index (κ3) is 2.81. The summed E-state index contributed by atoms with van der Waals surface area (Å²) < 4.78 is 0. The molecule has 1 rings (SSSR count). The molecule has 0 fully saturated rings. The van der Waals surface area contributed by atoms with Gasteiger partial charge >= 0.3 is 0 Å². The van der Waals surface area contributed by atoms with Crippen LogP contribution in [-0.4, -0.2) is 36.1 Å². The van der Waals surface area contributed by atoms with Crippen molar-refractivity contribution in [2.75, 3.05) is 20.2 Å². The summed E-state index contributed by atoms with van der Waals surface area (Å²) in [4.78, 5) is 13.2. The largest absolute Gasteiger partial charge is 0.395 e. The summed E-state index contributed by atoms with van der Waals surface area (Å²) in [6, 6.07) is 10.9. The first-order valence-corrected chi connectivity index (χ1v) is 5.01. The Hall–Kier alpha value is -1.86. The van der Waals surface area contributed by atoms with Crippen LogP contribution in [0.5, 0.6) is 0 Å². The lowest BCUT2D eigenvalue weighted by Gasteiger charge is -2.19. The molecule has 1 amide bonds. The van der Waals surface area contributed by atoms with Gasteiger partial charge in [-0.3, -0.25) is 4.79 Å². The van der Waals surface area contributed by atoms with E-state index in [2.05, 4.69) is 0 Å². The van der Waals surface area contributed by atoms with Crippen LogP contribution in [0.4, 0.5) is 0 Å². The van der Waals surface area contributed by atoms with Gasteiger partial charge in [0, 0.05) is 13.6 Å².